The third-order valence-electron chi connectivity index (χ3n) is 2.72. The van der Waals surface area contributed by atoms with Gasteiger partial charge in [0.05, 0.1) is 4.92 Å². The first-order valence-corrected chi connectivity index (χ1v) is 6.19. The zero-order chi connectivity index (χ0) is 13.4. The predicted molar refractivity (Wildman–Crippen MR) is 72.8 cm³/mol. The minimum Gasteiger partial charge on any atom is -0.316 e. The van der Waals surface area contributed by atoms with Gasteiger partial charge in [0, 0.05) is 11.6 Å². The van der Waals surface area contributed by atoms with Gasteiger partial charge in [0.15, 0.2) is 0 Å². The number of hydrogen-bond acceptors (Lipinski definition) is 4. The molecule has 0 unspecified atom stereocenters. The summed E-state index contributed by atoms with van der Waals surface area (Å²) in [6.07, 6.45) is 1.78. The number of rotatable bonds is 8. The lowest BCUT2D eigenvalue weighted by Crippen LogP contribution is -2.23. The summed E-state index contributed by atoms with van der Waals surface area (Å²) in [6, 6.07) is 6.92. The summed E-state index contributed by atoms with van der Waals surface area (Å²) >= 11 is 0. The highest BCUT2D eigenvalue weighted by atomic mass is 16.6. The molecule has 0 heterocycles. The Morgan fingerprint density at radius 1 is 1.28 bits per heavy atom. The molecule has 5 heteroatoms. The fraction of sp³-hybridized carbons (Fsp3) is 0.538. The third kappa shape index (κ3) is 5.25. The Labute approximate surface area is 108 Å². The van der Waals surface area contributed by atoms with E-state index in [4.69, 9.17) is 0 Å². The lowest BCUT2D eigenvalue weighted by Gasteiger charge is -2.09. The van der Waals surface area contributed by atoms with Crippen molar-refractivity contribution >= 4 is 5.69 Å². The number of nitrogens with zero attached hydrogens (tertiary/aromatic N) is 2. The normalized spacial score (nSPS) is 10.8. The van der Waals surface area contributed by atoms with Crippen LogP contribution in [0.1, 0.15) is 12.0 Å². The maximum Gasteiger partial charge on any atom is 0.272 e. The molecule has 0 spiro atoms. The minimum absolute atomic E-state index is 0.215. The molecule has 1 rings (SSSR count). The van der Waals surface area contributed by atoms with Gasteiger partial charge in [-0.2, -0.15) is 0 Å². The molecule has 0 aliphatic carbocycles. The lowest BCUT2D eigenvalue weighted by molar-refractivity contribution is -0.385. The van der Waals surface area contributed by atoms with Crippen molar-refractivity contribution in [3.63, 3.8) is 0 Å². The number of nitro groups is 1. The monoisotopic (exact) mass is 251 g/mol. The first-order chi connectivity index (χ1) is 8.61. The second-order valence-electron chi connectivity index (χ2n) is 4.54. The van der Waals surface area contributed by atoms with Gasteiger partial charge in [-0.25, -0.2) is 0 Å². The zero-order valence-electron chi connectivity index (χ0n) is 11.1. The number of hydrogen-bond donors (Lipinski definition) is 1. The summed E-state index contributed by atoms with van der Waals surface area (Å²) in [5, 5.41) is 14.1. The van der Waals surface area contributed by atoms with E-state index < -0.39 is 0 Å². The summed E-state index contributed by atoms with van der Waals surface area (Å²) in [4.78, 5) is 12.6. The van der Waals surface area contributed by atoms with Crippen molar-refractivity contribution < 1.29 is 4.92 Å². The highest BCUT2D eigenvalue weighted by Gasteiger charge is 2.10. The van der Waals surface area contributed by atoms with E-state index in [-0.39, 0.29) is 10.6 Å². The molecule has 0 aliphatic heterocycles. The first kappa shape index (κ1) is 14.6. The van der Waals surface area contributed by atoms with Crippen LogP contribution in [0, 0.1) is 10.1 Å². The molecule has 1 N–H and O–H groups in total. The van der Waals surface area contributed by atoms with Crippen molar-refractivity contribution in [2.45, 2.75) is 12.8 Å². The van der Waals surface area contributed by atoms with Crippen molar-refractivity contribution in [1.82, 2.24) is 10.2 Å². The minimum atomic E-state index is -0.318. The molecule has 0 aromatic heterocycles. The van der Waals surface area contributed by atoms with Gasteiger partial charge in [-0.3, -0.25) is 10.1 Å². The average Bonchev–Trinajstić information content (AvgIpc) is 2.33. The largest absolute Gasteiger partial charge is 0.316 e. The van der Waals surface area contributed by atoms with Gasteiger partial charge >= 0.3 is 0 Å². The van der Waals surface area contributed by atoms with Gasteiger partial charge in [0.1, 0.15) is 0 Å². The highest BCUT2D eigenvalue weighted by molar-refractivity contribution is 5.39. The Morgan fingerprint density at radius 3 is 2.67 bits per heavy atom. The Hall–Kier alpha value is -1.46. The van der Waals surface area contributed by atoms with Crippen LogP contribution in [0.3, 0.4) is 0 Å². The summed E-state index contributed by atoms with van der Waals surface area (Å²) in [7, 11) is 4.10. The van der Waals surface area contributed by atoms with E-state index >= 15 is 0 Å². The van der Waals surface area contributed by atoms with Gasteiger partial charge < -0.3 is 10.2 Å². The molecule has 0 aliphatic rings. The van der Waals surface area contributed by atoms with Crippen molar-refractivity contribution in [3.05, 3.63) is 39.9 Å². The van der Waals surface area contributed by atoms with Crippen LogP contribution in [-0.2, 0) is 6.42 Å². The van der Waals surface area contributed by atoms with Crippen molar-refractivity contribution in [3.8, 4) is 0 Å². The Balaban J connectivity index is 2.29. The number of nitro benzene ring substituents is 1. The molecule has 18 heavy (non-hydrogen) atoms. The Morgan fingerprint density at radius 2 is 2.00 bits per heavy atom. The lowest BCUT2D eigenvalue weighted by atomic mass is 10.1. The molecule has 0 atom stereocenters. The van der Waals surface area contributed by atoms with Gasteiger partial charge in [-0.15, -0.1) is 0 Å². The first-order valence-electron chi connectivity index (χ1n) is 6.19. The van der Waals surface area contributed by atoms with E-state index in [1.54, 1.807) is 12.1 Å². The molecule has 100 valence electrons. The fourth-order valence-corrected chi connectivity index (χ4v) is 1.77. The van der Waals surface area contributed by atoms with Gasteiger partial charge in [0.2, 0.25) is 0 Å². The van der Waals surface area contributed by atoms with E-state index in [0.717, 1.165) is 31.6 Å². The summed E-state index contributed by atoms with van der Waals surface area (Å²) in [5.74, 6) is 0. The molecule has 0 bridgehead atoms. The van der Waals surface area contributed by atoms with Crippen molar-refractivity contribution in [1.29, 1.82) is 0 Å². The molecule has 0 saturated heterocycles. The molecular weight excluding hydrogens is 230 g/mol. The maximum absolute atomic E-state index is 10.8. The van der Waals surface area contributed by atoms with Crippen molar-refractivity contribution in [2.24, 2.45) is 0 Å². The number of nitrogens with one attached hydrogen (secondary N) is 1. The van der Waals surface area contributed by atoms with E-state index in [1.807, 2.05) is 26.2 Å². The van der Waals surface area contributed by atoms with Gasteiger partial charge in [-0.1, -0.05) is 18.2 Å². The van der Waals surface area contributed by atoms with Crippen LogP contribution >= 0.6 is 0 Å². The SMILES string of the molecule is CN(C)CCCNCCc1ccccc1[N+](=O)[O-]. The highest BCUT2D eigenvalue weighted by Crippen LogP contribution is 2.17. The van der Waals surface area contributed by atoms with Crippen LogP contribution in [0.2, 0.25) is 0 Å². The second kappa shape index (κ2) is 7.79. The fourth-order valence-electron chi connectivity index (χ4n) is 1.77. The van der Waals surface area contributed by atoms with Crippen LogP contribution in [0.25, 0.3) is 0 Å². The molecule has 0 amide bonds. The van der Waals surface area contributed by atoms with Crippen molar-refractivity contribution in [2.75, 3.05) is 33.7 Å². The molecule has 0 saturated carbocycles. The average molecular weight is 251 g/mol. The summed E-state index contributed by atoms with van der Waals surface area (Å²) in [6.45, 7) is 2.77. The van der Waals surface area contributed by atoms with E-state index in [1.165, 1.54) is 0 Å². The predicted octanol–water partition coefficient (Wildman–Crippen LogP) is 1.68. The molecule has 1 aromatic rings. The van der Waals surface area contributed by atoms with Gasteiger partial charge in [0.25, 0.3) is 5.69 Å². The van der Waals surface area contributed by atoms with E-state index in [2.05, 4.69) is 10.2 Å². The molecule has 5 nitrogen and oxygen atoms in total. The summed E-state index contributed by atoms with van der Waals surface area (Å²) in [5.41, 5.74) is 1.01. The third-order valence-corrected chi connectivity index (χ3v) is 2.72. The van der Waals surface area contributed by atoms with E-state index in [9.17, 15) is 10.1 Å². The summed E-state index contributed by atoms with van der Waals surface area (Å²) < 4.78 is 0. The van der Waals surface area contributed by atoms with Gasteiger partial charge in [-0.05, 0) is 46.6 Å². The van der Waals surface area contributed by atoms with E-state index in [0.29, 0.717) is 6.42 Å². The van der Waals surface area contributed by atoms with Crippen LogP contribution in [0.5, 0.6) is 0 Å². The Kier molecular flexibility index (Phi) is 6.32. The van der Waals surface area contributed by atoms with Crippen LogP contribution in [0.4, 0.5) is 5.69 Å². The number of para-hydroxylation sites is 1. The van der Waals surface area contributed by atoms with Crippen LogP contribution in [-0.4, -0.2) is 43.6 Å². The molecule has 1 aromatic carbocycles. The molecular formula is C13H21N3O2. The molecule has 0 fully saturated rings. The topological polar surface area (TPSA) is 58.4 Å². The zero-order valence-corrected chi connectivity index (χ0v) is 11.1. The Bertz CT molecular complexity index is 380. The van der Waals surface area contributed by atoms with Crippen LogP contribution < -0.4 is 5.32 Å². The maximum atomic E-state index is 10.8. The smallest absolute Gasteiger partial charge is 0.272 e. The standard InChI is InChI=1S/C13H21N3O2/c1-15(2)11-5-9-14-10-8-12-6-3-4-7-13(12)16(17)18/h3-4,6-7,14H,5,8-11H2,1-2H3. The van der Waals surface area contributed by atoms with Crippen LogP contribution in [0.15, 0.2) is 24.3 Å². The quantitative estimate of drug-likeness (QED) is 0.434. The number of benzene rings is 1. The molecule has 0 radical (unpaired) electrons. The second-order valence-corrected chi connectivity index (χ2v) is 4.54.